The number of hydrogen-bond acceptors (Lipinski definition) is 10. The number of carbonyl (C=O) groups is 1. The van der Waals surface area contributed by atoms with Gasteiger partial charge < -0.3 is 35.3 Å². The van der Waals surface area contributed by atoms with Crippen molar-refractivity contribution in [3.05, 3.63) is 153 Å². The van der Waals surface area contributed by atoms with Crippen LogP contribution >= 0.6 is 23.3 Å². The van der Waals surface area contributed by atoms with Crippen LogP contribution in [0.15, 0.2) is 131 Å². The second kappa shape index (κ2) is 22.0. The lowest BCUT2D eigenvalue weighted by atomic mass is 10.1. The number of nitrogens with zero attached hydrogens (tertiary/aromatic N) is 2. The molecule has 1 atom stereocenters. The Morgan fingerprint density at radius 1 is 0.765 bits per heavy atom. The van der Waals surface area contributed by atoms with Crippen LogP contribution in [0.1, 0.15) is 31.9 Å². The van der Waals surface area contributed by atoms with Crippen molar-refractivity contribution in [1.82, 2.24) is 39.2 Å². The van der Waals surface area contributed by atoms with E-state index < -0.39 is 32.7 Å². The van der Waals surface area contributed by atoms with E-state index in [0.29, 0.717) is 50.4 Å². The monoisotopic (exact) mass is 994 g/mol. The van der Waals surface area contributed by atoms with Gasteiger partial charge in [-0.2, -0.15) is 4.31 Å². The van der Waals surface area contributed by atoms with Crippen molar-refractivity contribution in [1.29, 1.82) is 0 Å². The molecule has 1 aliphatic heterocycles. The first-order valence-electron chi connectivity index (χ1n) is 21.7. The highest BCUT2D eigenvalue weighted by Crippen LogP contribution is 2.27. The number of hydrogen-bond donors (Lipinski definition) is 8. The van der Waals surface area contributed by atoms with Gasteiger partial charge in [-0.05, 0) is 103 Å². The van der Waals surface area contributed by atoms with E-state index in [4.69, 9.17) is 4.74 Å². The number of benzene rings is 4. The smallest absolute Gasteiger partial charge is 0.407 e. The third-order valence-corrected chi connectivity index (χ3v) is 14.0. The molecule has 9 rings (SSSR count). The number of alkyl carbamates (subject to hydrolysis) is 1. The molecule has 8 aromatic rings. The van der Waals surface area contributed by atoms with Gasteiger partial charge in [-0.15, -0.1) is 23.3 Å². The summed E-state index contributed by atoms with van der Waals surface area (Å²) < 4.78 is 45.9. The van der Waals surface area contributed by atoms with Gasteiger partial charge in [0.25, 0.3) is 11.1 Å². The number of H-pyrrole nitrogens is 4. The van der Waals surface area contributed by atoms with Crippen LogP contribution in [-0.2, 0) is 38.8 Å². The summed E-state index contributed by atoms with van der Waals surface area (Å²) in [5, 5.41) is 11.0. The Balaban J connectivity index is 0.000000197. The lowest BCUT2D eigenvalue weighted by Gasteiger charge is -2.22. The molecule has 4 aromatic heterocycles. The van der Waals surface area contributed by atoms with E-state index in [2.05, 4.69) is 60.5 Å². The van der Waals surface area contributed by atoms with Crippen LogP contribution in [0.5, 0.6) is 0 Å². The van der Waals surface area contributed by atoms with Crippen LogP contribution in [0.2, 0.25) is 0 Å². The van der Waals surface area contributed by atoms with Crippen molar-refractivity contribution < 1.29 is 22.2 Å². The molecule has 0 spiro atoms. The summed E-state index contributed by atoms with van der Waals surface area (Å²) in [7, 11) is -4.68. The SMILES string of the molecule is C=CS(=O)N(CCNC(=O)OC(C)(C)C)Cc1ccc2[nH]c(-c3cc4ccccc4[nH]c3=O)cc2c1.O=c1[nH]c2ccccc2cc1-c1cc2cc(CN3CCNCCS3(=O)=O)ccc2[nH]1.SS. The molecule has 0 saturated carbocycles. The van der Waals surface area contributed by atoms with Crippen LogP contribution in [-0.4, -0.2) is 91.3 Å². The third-order valence-electron chi connectivity index (χ3n) is 11.1. The molecule has 0 radical (unpaired) electrons. The molecule has 1 aliphatic rings. The van der Waals surface area contributed by atoms with Crippen molar-refractivity contribution in [2.24, 2.45) is 0 Å². The lowest BCUT2D eigenvalue weighted by molar-refractivity contribution is 0.0525. The van der Waals surface area contributed by atoms with Gasteiger partial charge in [-0.3, -0.25) is 9.59 Å². The summed E-state index contributed by atoms with van der Waals surface area (Å²) in [5.74, 6) is 0.119. The Morgan fingerprint density at radius 3 is 1.85 bits per heavy atom. The molecule has 0 aliphatic carbocycles. The van der Waals surface area contributed by atoms with Gasteiger partial charge in [0.1, 0.15) is 16.6 Å². The number of rotatable bonds is 11. The number of amides is 1. The predicted octanol–water partition coefficient (Wildman–Crippen LogP) is 7.98. The molecule has 6 N–H and O–H groups in total. The van der Waals surface area contributed by atoms with Gasteiger partial charge >= 0.3 is 6.09 Å². The van der Waals surface area contributed by atoms with Crippen LogP contribution in [0.25, 0.3) is 66.1 Å². The Morgan fingerprint density at radius 2 is 1.29 bits per heavy atom. The summed E-state index contributed by atoms with van der Waals surface area (Å²) in [6.45, 7) is 12.0. The first kappa shape index (κ1) is 50.0. The number of para-hydroxylation sites is 2. The molecule has 0 bridgehead atoms. The molecule has 1 saturated heterocycles. The van der Waals surface area contributed by atoms with Gasteiger partial charge in [0.15, 0.2) is 0 Å². The van der Waals surface area contributed by atoms with Crippen molar-refractivity contribution in [2.45, 2.75) is 39.5 Å². The maximum atomic E-state index is 12.7. The molecule has 1 amide bonds. The van der Waals surface area contributed by atoms with Crippen LogP contribution in [0, 0.1) is 0 Å². The van der Waals surface area contributed by atoms with Crippen LogP contribution in [0.4, 0.5) is 4.79 Å². The maximum absolute atomic E-state index is 12.7. The number of aromatic amines is 4. The quantitative estimate of drug-likeness (QED) is 0.0470. The average Bonchev–Trinajstić information content (AvgIpc) is 3.90. The minimum Gasteiger partial charge on any atom is -0.444 e. The van der Waals surface area contributed by atoms with E-state index >= 15 is 0 Å². The predicted molar refractivity (Wildman–Crippen MR) is 282 cm³/mol. The first-order valence-corrected chi connectivity index (χ1v) is 26.1. The standard InChI is InChI=1S/C27H30N4O4S.C22H22N4O3S.H2S2/c1-5-36(34)31(13-12-28-26(33)35-27(2,3)4)17-18-10-11-23-20(14-18)16-24(29-23)21-15-19-8-6-7-9-22(19)30-25(21)32;27-22-18(12-16-3-1-2-4-19(16)25-22)21-13-17-11-15(5-6-20(17)24-21)14-26-9-7-23-8-10-30(26,28)29;1-2/h5-11,14-16,29H,1,12-13,17H2,2-4H3,(H,28,33)(H,30,32);1-6,11-13,23-24H,7-10,14H2,(H,25,27);1-2H. The minimum absolute atomic E-state index is 0.119. The zero-order valence-electron chi connectivity index (χ0n) is 37.8. The van der Waals surface area contributed by atoms with E-state index in [1.54, 1.807) is 25.1 Å². The molecule has 356 valence electrons. The maximum Gasteiger partial charge on any atom is 0.407 e. The zero-order valence-corrected chi connectivity index (χ0v) is 41.2. The average molecular weight is 995 g/mol. The number of fused-ring (bicyclic) bond motifs is 4. The molecular formula is C49H54N8O7S4. The van der Waals surface area contributed by atoms with E-state index in [-0.39, 0.29) is 23.4 Å². The molecule has 5 heterocycles. The van der Waals surface area contributed by atoms with Crippen molar-refractivity contribution >= 4 is 94.0 Å². The third kappa shape index (κ3) is 12.4. The van der Waals surface area contributed by atoms with Gasteiger partial charge in [-0.25, -0.2) is 21.7 Å². The number of ether oxygens (including phenoxy) is 1. The second-order valence-electron chi connectivity index (χ2n) is 17.0. The Hall–Kier alpha value is -5.93. The van der Waals surface area contributed by atoms with E-state index in [1.165, 1.54) is 9.71 Å². The van der Waals surface area contributed by atoms with Crippen molar-refractivity contribution in [3.8, 4) is 22.5 Å². The van der Waals surface area contributed by atoms with Gasteiger partial charge in [0.2, 0.25) is 10.0 Å². The fraction of sp³-hybridized carbons (Fsp3) is 0.245. The summed E-state index contributed by atoms with van der Waals surface area (Å²) in [5.41, 5.74) is 6.96. The van der Waals surface area contributed by atoms with Gasteiger partial charge in [0.05, 0.1) is 28.3 Å². The second-order valence-corrected chi connectivity index (χ2v) is 20.5. The topological polar surface area (TPSA) is 205 Å². The highest BCUT2D eigenvalue weighted by atomic mass is 33.1. The summed E-state index contributed by atoms with van der Waals surface area (Å²) in [6.07, 6.45) is -0.517. The molecule has 1 unspecified atom stereocenters. The fourth-order valence-electron chi connectivity index (χ4n) is 7.86. The van der Waals surface area contributed by atoms with E-state index in [0.717, 1.165) is 66.1 Å². The number of pyridine rings is 2. The zero-order chi connectivity index (χ0) is 48.6. The number of thiol groups is 2. The van der Waals surface area contributed by atoms with Gasteiger partial charge in [0, 0.05) is 84.1 Å². The van der Waals surface area contributed by atoms with Crippen molar-refractivity contribution in [3.63, 3.8) is 0 Å². The Labute approximate surface area is 406 Å². The molecule has 68 heavy (non-hydrogen) atoms. The van der Waals surface area contributed by atoms with Gasteiger partial charge in [-0.1, -0.05) is 55.1 Å². The van der Waals surface area contributed by atoms with E-state index in [9.17, 15) is 27.0 Å². The molecule has 4 aromatic carbocycles. The first-order chi connectivity index (χ1) is 32.6. The van der Waals surface area contributed by atoms with Crippen LogP contribution in [0.3, 0.4) is 0 Å². The highest BCUT2D eigenvalue weighted by Gasteiger charge is 2.24. The summed E-state index contributed by atoms with van der Waals surface area (Å²) in [6, 6.07) is 34.7. The summed E-state index contributed by atoms with van der Waals surface area (Å²) >= 11 is 6.44. The molecule has 1 fully saturated rings. The fourth-order valence-corrected chi connectivity index (χ4v) is 10.00. The lowest BCUT2D eigenvalue weighted by Crippen LogP contribution is -2.38. The molecular weight excluding hydrogens is 941 g/mol. The highest BCUT2D eigenvalue weighted by molar-refractivity contribution is 8.59. The number of sulfonamides is 1. The van der Waals surface area contributed by atoms with E-state index in [1.807, 2.05) is 109 Å². The largest absolute Gasteiger partial charge is 0.444 e. The Kier molecular flexibility index (Phi) is 16.2. The number of nitrogens with one attached hydrogen (secondary N) is 6. The molecule has 19 heteroatoms. The Bertz CT molecular complexity index is 3360. The number of carbonyl (C=O) groups excluding carboxylic acids is 1. The minimum atomic E-state index is -3.26. The molecule has 15 nitrogen and oxygen atoms in total. The number of aromatic nitrogens is 4. The summed E-state index contributed by atoms with van der Waals surface area (Å²) in [4.78, 5) is 49.7. The van der Waals surface area contributed by atoms with Crippen molar-refractivity contribution in [2.75, 3.05) is 38.5 Å². The normalized spacial score (nSPS) is 14.4. The van der Waals surface area contributed by atoms with Crippen LogP contribution < -0.4 is 21.8 Å².